The molecule has 0 saturated carbocycles. The van der Waals surface area contributed by atoms with Crippen molar-refractivity contribution in [2.45, 2.75) is 40.2 Å². The number of anilines is 1. The first-order valence-electron chi connectivity index (χ1n) is 7.48. The minimum atomic E-state index is 0.0253. The SMILES string of the molecule is CCCC(C)C(=O)Nc1ccnn1Cc1cccc(C)c1. The Morgan fingerprint density at radius 2 is 2.19 bits per heavy atom. The number of rotatable bonds is 6. The quantitative estimate of drug-likeness (QED) is 0.881. The molecule has 112 valence electrons. The van der Waals surface area contributed by atoms with Gasteiger partial charge in [0, 0.05) is 12.0 Å². The summed E-state index contributed by atoms with van der Waals surface area (Å²) in [5.74, 6) is 0.838. The van der Waals surface area contributed by atoms with Gasteiger partial charge in [-0.3, -0.25) is 4.79 Å². The average Bonchev–Trinajstić information content (AvgIpc) is 2.86. The number of hydrogen-bond acceptors (Lipinski definition) is 2. The molecule has 4 heteroatoms. The molecule has 1 amide bonds. The van der Waals surface area contributed by atoms with Gasteiger partial charge in [0.1, 0.15) is 5.82 Å². The van der Waals surface area contributed by atoms with Crippen molar-refractivity contribution in [2.24, 2.45) is 5.92 Å². The number of nitrogens with zero attached hydrogens (tertiary/aromatic N) is 2. The van der Waals surface area contributed by atoms with E-state index in [1.807, 2.05) is 23.7 Å². The first-order valence-corrected chi connectivity index (χ1v) is 7.48. The van der Waals surface area contributed by atoms with Crippen LogP contribution < -0.4 is 5.32 Å². The van der Waals surface area contributed by atoms with Crippen molar-refractivity contribution in [3.8, 4) is 0 Å². The van der Waals surface area contributed by atoms with Crippen molar-refractivity contribution in [1.82, 2.24) is 9.78 Å². The average molecular weight is 285 g/mol. The van der Waals surface area contributed by atoms with Gasteiger partial charge >= 0.3 is 0 Å². The van der Waals surface area contributed by atoms with Gasteiger partial charge in [0.15, 0.2) is 0 Å². The summed E-state index contributed by atoms with van der Waals surface area (Å²) in [6.45, 7) is 6.78. The van der Waals surface area contributed by atoms with Gasteiger partial charge < -0.3 is 5.32 Å². The Kier molecular flexibility index (Phi) is 5.14. The molecule has 0 aliphatic heterocycles. The van der Waals surface area contributed by atoms with Gasteiger partial charge in [0.05, 0.1) is 12.7 Å². The van der Waals surface area contributed by atoms with Crippen LogP contribution in [0, 0.1) is 12.8 Å². The van der Waals surface area contributed by atoms with Crippen LogP contribution >= 0.6 is 0 Å². The monoisotopic (exact) mass is 285 g/mol. The Hall–Kier alpha value is -2.10. The molecule has 1 N–H and O–H groups in total. The summed E-state index contributed by atoms with van der Waals surface area (Å²) in [5, 5.41) is 7.27. The van der Waals surface area contributed by atoms with Gasteiger partial charge in [-0.05, 0) is 18.9 Å². The first-order chi connectivity index (χ1) is 10.1. The van der Waals surface area contributed by atoms with E-state index in [0.29, 0.717) is 6.54 Å². The highest BCUT2D eigenvalue weighted by atomic mass is 16.1. The van der Waals surface area contributed by atoms with E-state index in [4.69, 9.17) is 0 Å². The summed E-state index contributed by atoms with van der Waals surface area (Å²) in [4.78, 5) is 12.1. The summed E-state index contributed by atoms with van der Waals surface area (Å²) in [5.41, 5.74) is 2.40. The predicted octanol–water partition coefficient (Wildman–Crippen LogP) is 3.61. The van der Waals surface area contributed by atoms with E-state index >= 15 is 0 Å². The minimum absolute atomic E-state index is 0.0253. The molecule has 21 heavy (non-hydrogen) atoms. The van der Waals surface area contributed by atoms with E-state index in [-0.39, 0.29) is 11.8 Å². The summed E-state index contributed by atoms with van der Waals surface area (Å²) >= 11 is 0. The van der Waals surface area contributed by atoms with Crippen LogP contribution in [-0.4, -0.2) is 15.7 Å². The zero-order chi connectivity index (χ0) is 15.2. The highest BCUT2D eigenvalue weighted by Crippen LogP contribution is 2.14. The van der Waals surface area contributed by atoms with Crippen LogP contribution in [0.5, 0.6) is 0 Å². The minimum Gasteiger partial charge on any atom is -0.311 e. The zero-order valence-corrected chi connectivity index (χ0v) is 13.0. The molecule has 0 aliphatic rings. The maximum absolute atomic E-state index is 12.1. The van der Waals surface area contributed by atoms with Crippen molar-refractivity contribution in [2.75, 3.05) is 5.32 Å². The molecule has 4 nitrogen and oxygen atoms in total. The number of amides is 1. The molecular weight excluding hydrogens is 262 g/mol. The van der Waals surface area contributed by atoms with E-state index in [9.17, 15) is 4.79 Å². The van der Waals surface area contributed by atoms with Gasteiger partial charge in [-0.25, -0.2) is 4.68 Å². The van der Waals surface area contributed by atoms with E-state index in [0.717, 1.165) is 18.7 Å². The van der Waals surface area contributed by atoms with Gasteiger partial charge in [-0.2, -0.15) is 5.10 Å². The maximum Gasteiger partial charge on any atom is 0.228 e. The Balaban J connectivity index is 2.06. The Labute approximate surface area is 126 Å². The number of aryl methyl sites for hydroxylation is 1. The molecule has 2 rings (SSSR count). The molecule has 0 radical (unpaired) electrons. The van der Waals surface area contributed by atoms with Crippen molar-refractivity contribution in [3.05, 3.63) is 47.7 Å². The van der Waals surface area contributed by atoms with Crippen molar-refractivity contribution < 1.29 is 4.79 Å². The molecule has 1 atom stereocenters. The normalized spacial score (nSPS) is 12.1. The van der Waals surface area contributed by atoms with E-state index in [1.54, 1.807) is 6.20 Å². The number of carbonyl (C=O) groups is 1. The molecule has 0 bridgehead atoms. The largest absolute Gasteiger partial charge is 0.311 e. The number of benzene rings is 1. The lowest BCUT2D eigenvalue weighted by Crippen LogP contribution is -2.22. The molecule has 0 aliphatic carbocycles. The fourth-order valence-electron chi connectivity index (χ4n) is 2.36. The second-order valence-electron chi connectivity index (χ2n) is 5.54. The van der Waals surface area contributed by atoms with Crippen molar-refractivity contribution in [3.63, 3.8) is 0 Å². The predicted molar refractivity (Wildman–Crippen MR) is 85.2 cm³/mol. The van der Waals surface area contributed by atoms with Gasteiger partial charge in [-0.15, -0.1) is 0 Å². The number of carbonyl (C=O) groups excluding carboxylic acids is 1. The smallest absolute Gasteiger partial charge is 0.228 e. The molecular formula is C17H23N3O. The lowest BCUT2D eigenvalue weighted by Gasteiger charge is -2.13. The fourth-order valence-corrected chi connectivity index (χ4v) is 2.36. The summed E-state index contributed by atoms with van der Waals surface area (Å²) < 4.78 is 1.82. The summed E-state index contributed by atoms with van der Waals surface area (Å²) in [6, 6.07) is 10.1. The van der Waals surface area contributed by atoms with E-state index < -0.39 is 0 Å². The van der Waals surface area contributed by atoms with Gasteiger partial charge in [-0.1, -0.05) is 50.1 Å². The van der Waals surface area contributed by atoms with Crippen LogP contribution in [0.25, 0.3) is 0 Å². The molecule has 1 heterocycles. The highest BCUT2D eigenvalue weighted by molar-refractivity contribution is 5.91. The second-order valence-corrected chi connectivity index (χ2v) is 5.54. The van der Waals surface area contributed by atoms with Crippen LogP contribution in [0.4, 0.5) is 5.82 Å². The van der Waals surface area contributed by atoms with E-state index in [2.05, 4.69) is 42.5 Å². The van der Waals surface area contributed by atoms with Crippen LogP contribution in [0.15, 0.2) is 36.5 Å². The third kappa shape index (κ3) is 4.18. The van der Waals surface area contributed by atoms with Crippen LogP contribution in [0.3, 0.4) is 0 Å². The second kappa shape index (κ2) is 7.07. The fraction of sp³-hybridized carbons (Fsp3) is 0.412. The summed E-state index contributed by atoms with van der Waals surface area (Å²) in [7, 11) is 0. The lowest BCUT2D eigenvalue weighted by molar-refractivity contribution is -0.119. The maximum atomic E-state index is 12.1. The van der Waals surface area contributed by atoms with Gasteiger partial charge in [0.25, 0.3) is 0 Å². The number of hydrogen-bond donors (Lipinski definition) is 1. The van der Waals surface area contributed by atoms with Crippen molar-refractivity contribution >= 4 is 11.7 Å². The molecule has 0 spiro atoms. The molecule has 1 aromatic carbocycles. The molecule has 0 saturated heterocycles. The molecule has 1 aromatic heterocycles. The van der Waals surface area contributed by atoms with Crippen LogP contribution in [0.1, 0.15) is 37.8 Å². The first kappa shape index (κ1) is 15.3. The van der Waals surface area contributed by atoms with Crippen LogP contribution in [0.2, 0.25) is 0 Å². The molecule has 0 fully saturated rings. The van der Waals surface area contributed by atoms with E-state index in [1.165, 1.54) is 11.1 Å². The zero-order valence-electron chi connectivity index (χ0n) is 13.0. The standard InChI is InChI=1S/C17H23N3O/c1-4-6-14(3)17(21)19-16-9-10-18-20(16)12-15-8-5-7-13(2)11-15/h5,7-11,14H,4,6,12H2,1-3H3,(H,19,21). The van der Waals surface area contributed by atoms with Crippen LogP contribution in [-0.2, 0) is 11.3 Å². The third-order valence-corrected chi connectivity index (χ3v) is 3.55. The lowest BCUT2D eigenvalue weighted by atomic mass is 10.1. The highest BCUT2D eigenvalue weighted by Gasteiger charge is 2.14. The summed E-state index contributed by atoms with van der Waals surface area (Å²) in [6.07, 6.45) is 3.63. The number of nitrogens with one attached hydrogen (secondary N) is 1. The molecule has 2 aromatic rings. The van der Waals surface area contributed by atoms with Gasteiger partial charge in [0.2, 0.25) is 5.91 Å². The van der Waals surface area contributed by atoms with Crippen molar-refractivity contribution in [1.29, 1.82) is 0 Å². The topological polar surface area (TPSA) is 46.9 Å². The Bertz CT molecular complexity index is 604. The number of aromatic nitrogens is 2. The Morgan fingerprint density at radius 1 is 1.38 bits per heavy atom. The Morgan fingerprint density at radius 3 is 2.90 bits per heavy atom. The third-order valence-electron chi connectivity index (χ3n) is 3.55. The molecule has 1 unspecified atom stereocenters.